The van der Waals surface area contributed by atoms with Gasteiger partial charge in [0.25, 0.3) is 0 Å². The first-order valence-corrected chi connectivity index (χ1v) is 6.71. The first-order chi connectivity index (χ1) is 8.22. The molecule has 2 heterocycles. The van der Waals surface area contributed by atoms with Gasteiger partial charge in [0.1, 0.15) is 0 Å². The highest BCUT2D eigenvalue weighted by Crippen LogP contribution is 2.19. The molecule has 5 heteroatoms. The summed E-state index contributed by atoms with van der Waals surface area (Å²) in [6, 6.07) is 0.273. The van der Waals surface area contributed by atoms with Crippen molar-refractivity contribution in [3.05, 3.63) is 34.0 Å². The zero-order chi connectivity index (χ0) is 12.3. The zero-order valence-corrected chi connectivity index (χ0v) is 11.3. The molecular weight excluding hydrogens is 232 g/mol. The number of aryl methyl sites for hydroxylation is 2. The largest absolute Gasteiger partial charge is 0.311 e. The summed E-state index contributed by atoms with van der Waals surface area (Å²) in [4.78, 5) is 4.53. The predicted molar refractivity (Wildman–Crippen MR) is 70.3 cm³/mol. The van der Waals surface area contributed by atoms with E-state index in [-0.39, 0.29) is 6.04 Å². The molecule has 0 bridgehead atoms. The molecule has 0 aromatic carbocycles. The van der Waals surface area contributed by atoms with Gasteiger partial charge in [-0.3, -0.25) is 4.68 Å². The minimum absolute atomic E-state index is 0.273. The van der Waals surface area contributed by atoms with Crippen molar-refractivity contribution in [2.45, 2.75) is 32.9 Å². The van der Waals surface area contributed by atoms with Crippen LogP contribution < -0.4 is 5.32 Å². The van der Waals surface area contributed by atoms with Crippen molar-refractivity contribution in [2.75, 3.05) is 7.05 Å². The van der Waals surface area contributed by atoms with Crippen LogP contribution >= 0.6 is 11.3 Å². The van der Waals surface area contributed by atoms with Gasteiger partial charge >= 0.3 is 0 Å². The molecule has 0 amide bonds. The Morgan fingerprint density at radius 3 is 2.88 bits per heavy atom. The molecule has 2 aromatic heterocycles. The van der Waals surface area contributed by atoms with Crippen molar-refractivity contribution < 1.29 is 0 Å². The van der Waals surface area contributed by atoms with Crippen molar-refractivity contribution in [3.63, 3.8) is 0 Å². The van der Waals surface area contributed by atoms with Gasteiger partial charge in [0, 0.05) is 18.1 Å². The van der Waals surface area contributed by atoms with Gasteiger partial charge in [0.15, 0.2) is 0 Å². The topological polar surface area (TPSA) is 42.7 Å². The van der Waals surface area contributed by atoms with E-state index in [2.05, 4.69) is 33.9 Å². The van der Waals surface area contributed by atoms with Gasteiger partial charge in [0.05, 0.1) is 22.9 Å². The zero-order valence-electron chi connectivity index (χ0n) is 10.5. The lowest BCUT2D eigenvalue weighted by molar-refractivity contribution is 0.577. The average molecular weight is 250 g/mol. The third-order valence-corrected chi connectivity index (χ3v) is 3.58. The lowest BCUT2D eigenvalue weighted by Gasteiger charge is -2.12. The Morgan fingerprint density at radius 1 is 1.53 bits per heavy atom. The Labute approximate surface area is 106 Å². The van der Waals surface area contributed by atoms with E-state index in [4.69, 9.17) is 0 Å². The van der Waals surface area contributed by atoms with Crippen LogP contribution in [0.25, 0.3) is 0 Å². The van der Waals surface area contributed by atoms with E-state index in [1.54, 1.807) is 11.3 Å². The summed E-state index contributed by atoms with van der Waals surface area (Å²) in [5.74, 6) is 0. The molecular formula is C12H18N4S. The normalized spacial score (nSPS) is 12.9. The summed E-state index contributed by atoms with van der Waals surface area (Å²) in [5, 5.41) is 10.8. The van der Waals surface area contributed by atoms with Crippen molar-refractivity contribution in [2.24, 2.45) is 0 Å². The van der Waals surface area contributed by atoms with Gasteiger partial charge in [0.2, 0.25) is 0 Å². The predicted octanol–water partition coefficient (Wildman–Crippen LogP) is 2.17. The summed E-state index contributed by atoms with van der Waals surface area (Å²) in [6.45, 7) is 5.05. The van der Waals surface area contributed by atoms with Crippen molar-refractivity contribution in [1.29, 1.82) is 0 Å². The second-order valence-corrected chi connectivity index (χ2v) is 5.10. The number of aromatic nitrogens is 3. The van der Waals surface area contributed by atoms with Crippen LogP contribution in [-0.4, -0.2) is 21.8 Å². The van der Waals surface area contributed by atoms with Gasteiger partial charge in [-0.05, 0) is 32.9 Å². The fraction of sp³-hybridized carbons (Fsp3) is 0.500. The van der Waals surface area contributed by atoms with Gasteiger partial charge < -0.3 is 5.32 Å². The Balaban J connectivity index is 2.09. The van der Waals surface area contributed by atoms with Crippen LogP contribution in [0.4, 0.5) is 0 Å². The molecule has 0 radical (unpaired) electrons. The Morgan fingerprint density at radius 2 is 2.35 bits per heavy atom. The van der Waals surface area contributed by atoms with Gasteiger partial charge in [-0.1, -0.05) is 0 Å². The fourth-order valence-electron chi connectivity index (χ4n) is 1.82. The fourth-order valence-corrected chi connectivity index (χ4v) is 2.48. The molecule has 2 rings (SSSR count). The monoisotopic (exact) mass is 250 g/mol. The van der Waals surface area contributed by atoms with Crippen LogP contribution in [0.15, 0.2) is 17.8 Å². The molecule has 17 heavy (non-hydrogen) atoms. The van der Waals surface area contributed by atoms with E-state index in [1.807, 2.05) is 24.9 Å². The summed E-state index contributed by atoms with van der Waals surface area (Å²) in [7, 11) is 1.98. The van der Waals surface area contributed by atoms with Crippen LogP contribution in [0, 0.1) is 6.92 Å². The Bertz CT molecular complexity index is 474. The van der Waals surface area contributed by atoms with E-state index in [0.29, 0.717) is 0 Å². The standard InChI is InChI=1S/C12H18N4S/c1-4-16-7-10(6-14-16)5-11(13-3)12-8-17-9(2)15-12/h6-8,11,13H,4-5H2,1-3H3. The van der Waals surface area contributed by atoms with Crippen LogP contribution in [0.3, 0.4) is 0 Å². The lowest BCUT2D eigenvalue weighted by Crippen LogP contribution is -2.19. The number of rotatable bonds is 5. The number of nitrogens with one attached hydrogen (secondary N) is 1. The maximum absolute atomic E-state index is 4.53. The highest BCUT2D eigenvalue weighted by molar-refractivity contribution is 7.09. The van der Waals surface area contributed by atoms with Gasteiger partial charge in [-0.2, -0.15) is 5.10 Å². The number of thiazole rings is 1. The number of hydrogen-bond donors (Lipinski definition) is 1. The smallest absolute Gasteiger partial charge is 0.0898 e. The van der Waals surface area contributed by atoms with E-state index in [1.165, 1.54) is 5.56 Å². The second-order valence-electron chi connectivity index (χ2n) is 4.04. The average Bonchev–Trinajstić information content (AvgIpc) is 2.94. The first-order valence-electron chi connectivity index (χ1n) is 5.83. The Kier molecular flexibility index (Phi) is 3.91. The highest BCUT2D eigenvalue weighted by atomic mass is 32.1. The van der Waals surface area contributed by atoms with E-state index < -0.39 is 0 Å². The highest BCUT2D eigenvalue weighted by Gasteiger charge is 2.13. The second kappa shape index (κ2) is 5.42. The van der Waals surface area contributed by atoms with Gasteiger partial charge in [-0.15, -0.1) is 11.3 Å². The van der Waals surface area contributed by atoms with Crippen LogP contribution in [0.1, 0.15) is 29.2 Å². The molecule has 0 aliphatic heterocycles. The maximum atomic E-state index is 4.53. The van der Waals surface area contributed by atoms with Crippen molar-refractivity contribution >= 4 is 11.3 Å². The molecule has 1 atom stereocenters. The number of likely N-dealkylation sites (N-methyl/N-ethyl adjacent to an activating group) is 1. The molecule has 0 aliphatic rings. The summed E-state index contributed by atoms with van der Waals surface area (Å²) in [6.07, 6.45) is 4.97. The first kappa shape index (κ1) is 12.3. The van der Waals surface area contributed by atoms with Crippen LogP contribution in [-0.2, 0) is 13.0 Å². The molecule has 1 N–H and O–H groups in total. The molecule has 4 nitrogen and oxygen atoms in total. The van der Waals surface area contributed by atoms with Gasteiger partial charge in [-0.25, -0.2) is 4.98 Å². The van der Waals surface area contributed by atoms with E-state index in [0.717, 1.165) is 23.7 Å². The van der Waals surface area contributed by atoms with E-state index >= 15 is 0 Å². The molecule has 0 saturated carbocycles. The number of nitrogens with zero attached hydrogens (tertiary/aromatic N) is 3. The quantitative estimate of drug-likeness (QED) is 0.884. The third-order valence-electron chi connectivity index (χ3n) is 2.79. The molecule has 0 aliphatic carbocycles. The number of hydrogen-bond acceptors (Lipinski definition) is 4. The summed E-state index contributed by atoms with van der Waals surface area (Å²) in [5.41, 5.74) is 2.37. The van der Waals surface area contributed by atoms with Crippen LogP contribution in [0.2, 0.25) is 0 Å². The minimum Gasteiger partial charge on any atom is -0.311 e. The van der Waals surface area contributed by atoms with E-state index in [9.17, 15) is 0 Å². The van der Waals surface area contributed by atoms with Crippen molar-refractivity contribution in [3.8, 4) is 0 Å². The minimum atomic E-state index is 0.273. The van der Waals surface area contributed by atoms with Crippen molar-refractivity contribution in [1.82, 2.24) is 20.1 Å². The summed E-state index contributed by atoms with van der Waals surface area (Å²) >= 11 is 1.70. The molecule has 0 saturated heterocycles. The molecule has 92 valence electrons. The third kappa shape index (κ3) is 2.92. The molecule has 0 fully saturated rings. The molecule has 1 unspecified atom stereocenters. The molecule has 2 aromatic rings. The summed E-state index contributed by atoms with van der Waals surface area (Å²) < 4.78 is 1.95. The maximum Gasteiger partial charge on any atom is 0.0898 e. The molecule has 0 spiro atoms. The Hall–Kier alpha value is -1.20. The lowest BCUT2D eigenvalue weighted by atomic mass is 10.1. The SMILES string of the molecule is CCn1cc(CC(NC)c2csc(C)n2)cn1. The van der Waals surface area contributed by atoms with Crippen LogP contribution in [0.5, 0.6) is 0 Å².